The summed E-state index contributed by atoms with van der Waals surface area (Å²) >= 11 is 0. The van der Waals surface area contributed by atoms with E-state index in [0.29, 0.717) is 39.1 Å². The molecule has 5 nitrogen and oxygen atoms in total. The largest absolute Gasteiger partial charge is 0.416 e. The van der Waals surface area contributed by atoms with Gasteiger partial charge in [0.05, 0.1) is 12.1 Å². The average molecular weight is 437 g/mol. The lowest BCUT2D eigenvalue weighted by atomic mass is 10.1. The molecule has 0 spiro atoms. The number of nitrogens with zero attached hydrogens (tertiary/aromatic N) is 2. The molecular weight excluding hydrogens is 414 g/mol. The number of carbonyl (C=O) groups excluding carboxylic acids is 2. The van der Waals surface area contributed by atoms with Crippen LogP contribution >= 0.6 is 0 Å². The summed E-state index contributed by atoms with van der Waals surface area (Å²) in [7, 11) is 0. The number of benzene rings is 2. The first kappa shape index (κ1) is 22.7. The molecule has 0 aliphatic carbocycles. The summed E-state index contributed by atoms with van der Waals surface area (Å²) in [6.07, 6.45) is -3.64. The predicted octanol–water partition coefficient (Wildman–Crippen LogP) is 3.31. The SMILES string of the molecule is O=C(NCC(=O)N1CCCN(Cc2ccc(C(F)(F)F)cc2)CC1)c1cccc(F)c1. The zero-order chi connectivity index (χ0) is 22.4. The lowest BCUT2D eigenvalue weighted by Gasteiger charge is -2.22. The Morgan fingerprint density at radius 2 is 1.71 bits per heavy atom. The highest BCUT2D eigenvalue weighted by Crippen LogP contribution is 2.29. The minimum atomic E-state index is -4.36. The van der Waals surface area contributed by atoms with Crippen molar-refractivity contribution in [1.29, 1.82) is 0 Å². The summed E-state index contributed by atoms with van der Waals surface area (Å²) in [5.41, 5.74) is 0.241. The third-order valence-electron chi connectivity index (χ3n) is 5.12. The van der Waals surface area contributed by atoms with Crippen molar-refractivity contribution in [3.05, 3.63) is 71.0 Å². The molecule has 1 saturated heterocycles. The van der Waals surface area contributed by atoms with E-state index in [-0.39, 0.29) is 18.0 Å². The van der Waals surface area contributed by atoms with Crippen LogP contribution in [0.25, 0.3) is 0 Å². The van der Waals surface area contributed by atoms with Gasteiger partial charge >= 0.3 is 6.18 Å². The molecular formula is C22H23F4N3O2. The standard InChI is InChI=1S/C22H23F4N3O2/c23-19-4-1-3-17(13-19)21(31)27-14-20(30)29-10-2-9-28(11-12-29)15-16-5-7-18(8-6-16)22(24,25)26/h1,3-8,13H,2,9-12,14-15H2,(H,27,31). The fraction of sp³-hybridized carbons (Fsp3) is 0.364. The second kappa shape index (κ2) is 9.91. The van der Waals surface area contributed by atoms with Gasteiger partial charge in [0, 0.05) is 38.3 Å². The van der Waals surface area contributed by atoms with Crippen LogP contribution in [-0.2, 0) is 17.5 Å². The van der Waals surface area contributed by atoms with Crippen LogP contribution in [0, 0.1) is 5.82 Å². The van der Waals surface area contributed by atoms with Crippen molar-refractivity contribution < 1.29 is 27.2 Å². The molecule has 1 heterocycles. The van der Waals surface area contributed by atoms with E-state index in [9.17, 15) is 27.2 Å². The summed E-state index contributed by atoms with van der Waals surface area (Å²) in [5, 5.41) is 2.51. The zero-order valence-corrected chi connectivity index (χ0v) is 16.8. The van der Waals surface area contributed by atoms with Gasteiger partial charge in [-0.2, -0.15) is 13.2 Å². The normalized spacial score (nSPS) is 15.4. The average Bonchev–Trinajstić information content (AvgIpc) is 2.97. The first-order valence-corrected chi connectivity index (χ1v) is 9.92. The molecule has 2 amide bonds. The minimum Gasteiger partial charge on any atom is -0.343 e. The van der Waals surface area contributed by atoms with E-state index in [4.69, 9.17) is 0 Å². The van der Waals surface area contributed by atoms with Gasteiger partial charge in [-0.25, -0.2) is 4.39 Å². The number of hydrogen-bond acceptors (Lipinski definition) is 3. The number of carbonyl (C=O) groups is 2. The molecule has 1 N–H and O–H groups in total. The molecule has 1 aliphatic heterocycles. The summed E-state index contributed by atoms with van der Waals surface area (Å²) in [6.45, 7) is 2.57. The first-order valence-electron chi connectivity index (χ1n) is 9.92. The second-order valence-corrected chi connectivity index (χ2v) is 7.40. The van der Waals surface area contributed by atoms with Crippen LogP contribution < -0.4 is 5.32 Å². The second-order valence-electron chi connectivity index (χ2n) is 7.40. The molecule has 0 bridgehead atoms. The number of amides is 2. The van der Waals surface area contributed by atoms with E-state index < -0.39 is 23.5 Å². The van der Waals surface area contributed by atoms with Gasteiger partial charge in [0.1, 0.15) is 5.82 Å². The van der Waals surface area contributed by atoms with Gasteiger partial charge in [-0.3, -0.25) is 14.5 Å². The maximum Gasteiger partial charge on any atom is 0.416 e. The molecule has 3 rings (SSSR count). The number of rotatable bonds is 5. The molecule has 1 fully saturated rings. The van der Waals surface area contributed by atoms with Crippen molar-refractivity contribution in [2.45, 2.75) is 19.1 Å². The maximum atomic E-state index is 13.2. The summed E-state index contributed by atoms with van der Waals surface area (Å²) in [6, 6.07) is 10.3. The van der Waals surface area contributed by atoms with Crippen LogP contribution in [0.5, 0.6) is 0 Å². The Morgan fingerprint density at radius 3 is 2.39 bits per heavy atom. The Bertz CT molecular complexity index is 916. The Morgan fingerprint density at radius 1 is 0.968 bits per heavy atom. The van der Waals surface area contributed by atoms with Gasteiger partial charge in [0.2, 0.25) is 5.91 Å². The fourth-order valence-electron chi connectivity index (χ4n) is 3.44. The van der Waals surface area contributed by atoms with Crippen molar-refractivity contribution in [3.8, 4) is 0 Å². The molecule has 2 aromatic carbocycles. The molecule has 31 heavy (non-hydrogen) atoms. The molecule has 2 aromatic rings. The number of alkyl halides is 3. The van der Waals surface area contributed by atoms with Crippen molar-refractivity contribution in [3.63, 3.8) is 0 Å². The van der Waals surface area contributed by atoms with E-state index in [1.165, 1.54) is 30.3 Å². The third kappa shape index (κ3) is 6.52. The number of halogens is 4. The van der Waals surface area contributed by atoms with E-state index in [2.05, 4.69) is 10.2 Å². The Hall–Kier alpha value is -2.94. The highest BCUT2D eigenvalue weighted by molar-refractivity contribution is 5.96. The highest BCUT2D eigenvalue weighted by Gasteiger charge is 2.30. The van der Waals surface area contributed by atoms with E-state index in [1.807, 2.05) is 0 Å². The molecule has 166 valence electrons. The van der Waals surface area contributed by atoms with Crippen LogP contribution in [-0.4, -0.2) is 54.3 Å². The molecule has 0 saturated carbocycles. The Balaban J connectivity index is 1.48. The Kier molecular flexibility index (Phi) is 7.27. The quantitative estimate of drug-likeness (QED) is 0.731. The van der Waals surface area contributed by atoms with E-state index in [1.54, 1.807) is 4.90 Å². The lowest BCUT2D eigenvalue weighted by molar-refractivity contribution is -0.137. The monoisotopic (exact) mass is 437 g/mol. The predicted molar refractivity (Wildman–Crippen MR) is 107 cm³/mol. The summed E-state index contributed by atoms with van der Waals surface area (Å²) in [5.74, 6) is -1.28. The van der Waals surface area contributed by atoms with E-state index in [0.717, 1.165) is 23.8 Å². The van der Waals surface area contributed by atoms with Crippen molar-refractivity contribution in [2.24, 2.45) is 0 Å². The summed E-state index contributed by atoms with van der Waals surface area (Å²) in [4.78, 5) is 28.3. The van der Waals surface area contributed by atoms with Gasteiger partial charge < -0.3 is 10.2 Å². The Labute approximate surface area is 177 Å². The van der Waals surface area contributed by atoms with Crippen LogP contribution in [0.2, 0.25) is 0 Å². The van der Waals surface area contributed by atoms with Crippen molar-refractivity contribution >= 4 is 11.8 Å². The van der Waals surface area contributed by atoms with Crippen LogP contribution in [0.4, 0.5) is 17.6 Å². The third-order valence-corrected chi connectivity index (χ3v) is 5.12. The fourth-order valence-corrected chi connectivity index (χ4v) is 3.44. The molecule has 0 atom stereocenters. The van der Waals surface area contributed by atoms with Gasteiger partial charge in [0.25, 0.3) is 5.91 Å². The van der Waals surface area contributed by atoms with Crippen LogP contribution in [0.15, 0.2) is 48.5 Å². The van der Waals surface area contributed by atoms with Crippen molar-refractivity contribution in [2.75, 3.05) is 32.7 Å². The van der Waals surface area contributed by atoms with Crippen LogP contribution in [0.3, 0.4) is 0 Å². The molecule has 1 aliphatic rings. The van der Waals surface area contributed by atoms with Crippen LogP contribution in [0.1, 0.15) is 27.9 Å². The van der Waals surface area contributed by atoms with Crippen molar-refractivity contribution in [1.82, 2.24) is 15.1 Å². The topological polar surface area (TPSA) is 52.7 Å². The van der Waals surface area contributed by atoms with Gasteiger partial charge in [-0.1, -0.05) is 18.2 Å². The highest BCUT2D eigenvalue weighted by atomic mass is 19.4. The minimum absolute atomic E-state index is 0.145. The molecule has 9 heteroatoms. The molecule has 0 radical (unpaired) electrons. The zero-order valence-electron chi connectivity index (χ0n) is 16.8. The number of hydrogen-bond donors (Lipinski definition) is 1. The van der Waals surface area contributed by atoms with Gasteiger partial charge in [-0.15, -0.1) is 0 Å². The lowest BCUT2D eigenvalue weighted by Crippen LogP contribution is -2.42. The van der Waals surface area contributed by atoms with E-state index >= 15 is 0 Å². The smallest absolute Gasteiger partial charge is 0.343 e. The van der Waals surface area contributed by atoms with Gasteiger partial charge in [-0.05, 0) is 42.3 Å². The molecule has 0 unspecified atom stereocenters. The molecule has 0 aromatic heterocycles. The first-order chi connectivity index (χ1) is 14.7. The van der Waals surface area contributed by atoms with Gasteiger partial charge in [0.15, 0.2) is 0 Å². The maximum absolute atomic E-state index is 13.2. The number of nitrogens with one attached hydrogen (secondary N) is 1. The summed E-state index contributed by atoms with van der Waals surface area (Å²) < 4.78 is 51.3.